The fourth-order valence-corrected chi connectivity index (χ4v) is 4.80. The topological polar surface area (TPSA) is 89.5 Å². The van der Waals surface area contributed by atoms with Crippen molar-refractivity contribution in [3.05, 3.63) is 78.4 Å². The molecule has 37 heavy (non-hydrogen) atoms. The number of rotatable bonds is 9. The van der Waals surface area contributed by atoms with E-state index in [1.165, 1.54) is 11.8 Å². The van der Waals surface area contributed by atoms with E-state index >= 15 is 0 Å². The molecule has 0 unspecified atom stereocenters. The quantitative estimate of drug-likeness (QED) is 0.415. The minimum atomic E-state index is -0.622. The normalized spacial score (nSPS) is 16.4. The lowest BCUT2D eigenvalue weighted by Crippen LogP contribution is -2.44. The van der Waals surface area contributed by atoms with Crippen LogP contribution >= 0.6 is 11.8 Å². The number of aliphatic imine (C=N–C) groups is 1. The second-order valence-electron chi connectivity index (χ2n) is 8.18. The summed E-state index contributed by atoms with van der Waals surface area (Å²) in [6.45, 7) is 2.81. The largest absolute Gasteiger partial charge is 0.497 e. The van der Waals surface area contributed by atoms with Crippen LogP contribution in [0, 0.1) is 0 Å². The van der Waals surface area contributed by atoms with Crippen molar-refractivity contribution in [2.45, 2.75) is 25.1 Å². The summed E-state index contributed by atoms with van der Waals surface area (Å²) in [5, 5.41) is 2.75. The Morgan fingerprint density at radius 1 is 0.946 bits per heavy atom. The summed E-state index contributed by atoms with van der Waals surface area (Å²) in [7, 11) is 3.21. The van der Waals surface area contributed by atoms with Gasteiger partial charge in [-0.3, -0.25) is 14.5 Å². The highest BCUT2D eigenvalue weighted by molar-refractivity contribution is 8.15. The first kappa shape index (κ1) is 26.1. The molecule has 1 N–H and O–H groups in total. The van der Waals surface area contributed by atoms with Crippen molar-refractivity contribution in [2.75, 3.05) is 26.1 Å². The van der Waals surface area contributed by atoms with Gasteiger partial charge in [-0.25, -0.2) is 4.99 Å². The Balaban J connectivity index is 1.55. The van der Waals surface area contributed by atoms with Crippen molar-refractivity contribution < 1.29 is 23.8 Å². The van der Waals surface area contributed by atoms with E-state index in [0.29, 0.717) is 35.4 Å². The van der Waals surface area contributed by atoms with Gasteiger partial charge >= 0.3 is 0 Å². The molecule has 0 aliphatic carbocycles. The van der Waals surface area contributed by atoms with Crippen LogP contribution in [0.15, 0.2) is 77.8 Å². The average molecular weight is 520 g/mol. The third kappa shape index (κ3) is 6.83. The van der Waals surface area contributed by atoms with E-state index in [1.807, 2.05) is 43.3 Å². The molecule has 192 valence electrons. The molecule has 1 atom stereocenters. The molecule has 4 rings (SSSR count). The molecule has 2 amide bonds. The van der Waals surface area contributed by atoms with Crippen LogP contribution in [0.25, 0.3) is 0 Å². The Hall–Kier alpha value is -3.98. The standard InChI is InChI=1S/C28H29N3O5S/c1-4-36-24-15-9-20(10-16-24)29-27(33)25-17-26(32)31(18-19-5-11-22(34-2)12-6-19)28(37-25)30-21-7-13-23(35-3)14-8-21/h5-16,25H,4,17-18H2,1-3H3,(H,29,33)/t25-/m1/s1. The van der Waals surface area contributed by atoms with Crippen molar-refractivity contribution >= 4 is 40.1 Å². The molecule has 1 saturated heterocycles. The van der Waals surface area contributed by atoms with Gasteiger partial charge in [0.25, 0.3) is 0 Å². The third-order valence-corrected chi connectivity index (χ3v) is 6.85. The zero-order valence-corrected chi connectivity index (χ0v) is 21.8. The van der Waals surface area contributed by atoms with E-state index < -0.39 is 5.25 Å². The molecule has 0 aromatic heterocycles. The predicted molar refractivity (Wildman–Crippen MR) is 146 cm³/mol. The Morgan fingerprint density at radius 3 is 2.14 bits per heavy atom. The van der Waals surface area contributed by atoms with Gasteiger partial charge in [0.15, 0.2) is 5.17 Å². The number of carbonyl (C=O) groups is 2. The molecule has 1 aliphatic heterocycles. The van der Waals surface area contributed by atoms with Crippen LogP contribution < -0.4 is 19.5 Å². The van der Waals surface area contributed by atoms with Crippen LogP contribution in [0.4, 0.5) is 11.4 Å². The Kier molecular flexibility index (Phi) is 8.68. The maximum Gasteiger partial charge on any atom is 0.238 e. The van der Waals surface area contributed by atoms with Crippen molar-refractivity contribution in [2.24, 2.45) is 4.99 Å². The fraction of sp³-hybridized carbons (Fsp3) is 0.250. The lowest BCUT2D eigenvalue weighted by atomic mass is 10.2. The van der Waals surface area contributed by atoms with E-state index in [0.717, 1.165) is 17.1 Å². The number of hydrogen-bond acceptors (Lipinski definition) is 7. The molecule has 3 aromatic rings. The highest BCUT2D eigenvalue weighted by atomic mass is 32.2. The Bertz CT molecular complexity index is 1240. The Morgan fingerprint density at radius 2 is 1.54 bits per heavy atom. The van der Waals surface area contributed by atoms with Gasteiger partial charge in [-0.1, -0.05) is 23.9 Å². The predicted octanol–water partition coefficient (Wildman–Crippen LogP) is 5.26. The third-order valence-electron chi connectivity index (χ3n) is 5.66. The van der Waals surface area contributed by atoms with Gasteiger partial charge in [0.1, 0.15) is 22.5 Å². The van der Waals surface area contributed by atoms with Crippen molar-refractivity contribution in [3.8, 4) is 17.2 Å². The molecular weight excluding hydrogens is 490 g/mol. The van der Waals surface area contributed by atoms with E-state index in [1.54, 1.807) is 55.5 Å². The maximum atomic E-state index is 13.3. The van der Waals surface area contributed by atoms with E-state index in [4.69, 9.17) is 19.2 Å². The molecule has 0 saturated carbocycles. The number of carbonyl (C=O) groups excluding carboxylic acids is 2. The van der Waals surface area contributed by atoms with Gasteiger partial charge in [0, 0.05) is 12.1 Å². The second kappa shape index (κ2) is 12.3. The van der Waals surface area contributed by atoms with Gasteiger partial charge in [0.05, 0.1) is 33.1 Å². The van der Waals surface area contributed by atoms with Crippen LogP contribution in [0.1, 0.15) is 18.9 Å². The number of hydrogen-bond donors (Lipinski definition) is 1. The number of ether oxygens (including phenoxy) is 3. The van der Waals surface area contributed by atoms with Crippen molar-refractivity contribution in [3.63, 3.8) is 0 Å². The van der Waals surface area contributed by atoms with Gasteiger partial charge in [-0.15, -0.1) is 0 Å². The summed E-state index contributed by atoms with van der Waals surface area (Å²) in [4.78, 5) is 32.8. The number of methoxy groups -OCH3 is 2. The molecule has 3 aromatic carbocycles. The van der Waals surface area contributed by atoms with Gasteiger partial charge in [-0.2, -0.15) is 0 Å². The van der Waals surface area contributed by atoms with Crippen LogP contribution in [-0.2, 0) is 16.1 Å². The Labute approximate surface area is 220 Å². The van der Waals surface area contributed by atoms with Gasteiger partial charge < -0.3 is 19.5 Å². The average Bonchev–Trinajstić information content (AvgIpc) is 2.92. The minimum absolute atomic E-state index is 0.0608. The summed E-state index contributed by atoms with van der Waals surface area (Å²) in [5.41, 5.74) is 2.22. The molecule has 1 fully saturated rings. The maximum absolute atomic E-state index is 13.3. The van der Waals surface area contributed by atoms with Crippen LogP contribution in [0.2, 0.25) is 0 Å². The van der Waals surface area contributed by atoms with Crippen LogP contribution in [0.3, 0.4) is 0 Å². The first-order valence-corrected chi connectivity index (χ1v) is 12.7. The van der Waals surface area contributed by atoms with Gasteiger partial charge in [0.2, 0.25) is 11.8 Å². The summed E-state index contributed by atoms with van der Waals surface area (Å²) in [6.07, 6.45) is 0.0608. The molecule has 0 radical (unpaired) electrons. The summed E-state index contributed by atoms with van der Waals surface area (Å²) in [5.74, 6) is 1.74. The number of nitrogens with zero attached hydrogens (tertiary/aromatic N) is 2. The van der Waals surface area contributed by atoms with E-state index in [-0.39, 0.29) is 18.2 Å². The van der Waals surface area contributed by atoms with Crippen LogP contribution in [0.5, 0.6) is 17.2 Å². The fourth-order valence-electron chi connectivity index (χ4n) is 3.70. The molecule has 1 aliphatic rings. The highest BCUT2D eigenvalue weighted by Gasteiger charge is 2.36. The number of benzene rings is 3. The number of amidine groups is 1. The van der Waals surface area contributed by atoms with E-state index in [9.17, 15) is 9.59 Å². The molecule has 0 spiro atoms. The highest BCUT2D eigenvalue weighted by Crippen LogP contribution is 2.32. The number of anilines is 1. The molecule has 9 heteroatoms. The first-order chi connectivity index (χ1) is 18.0. The SMILES string of the molecule is CCOc1ccc(NC(=O)[C@H]2CC(=O)N(Cc3ccc(OC)cc3)C(=Nc3ccc(OC)cc3)S2)cc1. The number of amides is 2. The minimum Gasteiger partial charge on any atom is -0.497 e. The molecule has 0 bridgehead atoms. The van der Waals surface area contributed by atoms with Crippen molar-refractivity contribution in [1.82, 2.24) is 4.90 Å². The van der Waals surface area contributed by atoms with Crippen molar-refractivity contribution in [1.29, 1.82) is 0 Å². The zero-order valence-electron chi connectivity index (χ0n) is 21.0. The molecule has 8 nitrogen and oxygen atoms in total. The number of thioether (sulfide) groups is 1. The molecule has 1 heterocycles. The summed E-state index contributed by atoms with van der Waals surface area (Å²) < 4.78 is 15.9. The lowest BCUT2D eigenvalue weighted by Gasteiger charge is -2.32. The van der Waals surface area contributed by atoms with Gasteiger partial charge in [-0.05, 0) is 73.2 Å². The monoisotopic (exact) mass is 519 g/mol. The lowest BCUT2D eigenvalue weighted by molar-refractivity contribution is -0.129. The van der Waals surface area contributed by atoms with E-state index in [2.05, 4.69) is 5.32 Å². The summed E-state index contributed by atoms with van der Waals surface area (Å²) >= 11 is 1.28. The first-order valence-electron chi connectivity index (χ1n) is 11.9. The van der Waals surface area contributed by atoms with Crippen LogP contribution in [-0.4, -0.2) is 48.0 Å². The zero-order chi connectivity index (χ0) is 26.2. The summed E-state index contributed by atoms with van der Waals surface area (Å²) in [6, 6.07) is 21.9. The number of nitrogens with one attached hydrogen (secondary N) is 1. The molecular formula is C28H29N3O5S. The smallest absolute Gasteiger partial charge is 0.238 e. The second-order valence-corrected chi connectivity index (χ2v) is 9.35.